The van der Waals surface area contributed by atoms with E-state index in [1.165, 1.54) is 12.1 Å². The highest BCUT2D eigenvalue weighted by Crippen LogP contribution is 2.39. The van der Waals surface area contributed by atoms with Crippen molar-refractivity contribution in [3.63, 3.8) is 0 Å². The third-order valence-electron chi connectivity index (χ3n) is 2.47. The van der Waals surface area contributed by atoms with E-state index in [9.17, 15) is 4.39 Å². The summed E-state index contributed by atoms with van der Waals surface area (Å²) in [5.41, 5.74) is 1.73. The lowest BCUT2D eigenvalue weighted by Gasteiger charge is -2.14. The maximum Gasteiger partial charge on any atom is 0.124 e. The quantitative estimate of drug-likeness (QED) is 0.502. The van der Waals surface area contributed by atoms with Gasteiger partial charge in [0, 0.05) is 14.5 Å². The summed E-state index contributed by atoms with van der Waals surface area (Å²) in [4.78, 5) is -0.154. The van der Waals surface area contributed by atoms with Crippen LogP contribution in [0.4, 0.5) is 4.39 Å². The first-order valence-corrected chi connectivity index (χ1v) is 7.49. The summed E-state index contributed by atoms with van der Waals surface area (Å²) in [7, 11) is 0. The van der Waals surface area contributed by atoms with Crippen molar-refractivity contribution in [2.45, 2.75) is 4.83 Å². The smallest absolute Gasteiger partial charge is 0.124 e. The maximum atomic E-state index is 13.1. The van der Waals surface area contributed by atoms with Crippen LogP contribution in [-0.4, -0.2) is 0 Å². The second-order valence-electron chi connectivity index (χ2n) is 3.69. The number of hydrogen-bond donors (Lipinski definition) is 0. The van der Waals surface area contributed by atoms with Gasteiger partial charge in [-0.05, 0) is 41.5 Å². The molecule has 2 aromatic carbocycles. The number of benzene rings is 2. The van der Waals surface area contributed by atoms with E-state index in [1.807, 2.05) is 0 Å². The van der Waals surface area contributed by atoms with Gasteiger partial charge in [0.1, 0.15) is 5.82 Å². The second-order valence-corrected chi connectivity index (χ2v) is 6.31. The molecule has 0 radical (unpaired) electrons. The Labute approximate surface area is 131 Å². The molecule has 18 heavy (non-hydrogen) atoms. The van der Waals surface area contributed by atoms with Crippen LogP contribution in [0.3, 0.4) is 0 Å². The molecule has 1 unspecified atom stereocenters. The fraction of sp³-hybridized carbons (Fsp3) is 0.0769. The second kappa shape index (κ2) is 5.91. The summed E-state index contributed by atoms with van der Waals surface area (Å²) in [5.74, 6) is -0.289. The molecule has 0 amide bonds. The summed E-state index contributed by atoms with van der Waals surface area (Å²) in [6.07, 6.45) is 0. The molecule has 5 heteroatoms. The molecule has 0 spiro atoms. The normalized spacial score (nSPS) is 12.5. The van der Waals surface area contributed by atoms with E-state index < -0.39 is 0 Å². The SMILES string of the molecule is Fc1ccc(C(Br)c2cc(Cl)ccc2Cl)c(Br)c1. The van der Waals surface area contributed by atoms with E-state index in [2.05, 4.69) is 31.9 Å². The molecular formula is C13H7Br2Cl2F. The Hall–Kier alpha value is -0.0900. The highest BCUT2D eigenvalue weighted by Gasteiger charge is 2.17. The van der Waals surface area contributed by atoms with Crippen molar-refractivity contribution in [3.05, 3.63) is 67.9 Å². The fourth-order valence-corrected chi connectivity index (χ4v) is 3.79. The molecule has 0 saturated carbocycles. The largest absolute Gasteiger partial charge is 0.207 e. The Bertz CT molecular complexity index is 587. The van der Waals surface area contributed by atoms with Gasteiger partial charge in [-0.15, -0.1) is 0 Å². The number of rotatable bonds is 2. The summed E-state index contributed by atoms with van der Waals surface area (Å²) < 4.78 is 13.7. The van der Waals surface area contributed by atoms with Crippen molar-refractivity contribution in [1.82, 2.24) is 0 Å². The summed E-state index contributed by atoms with van der Waals surface area (Å²) in [5, 5.41) is 1.22. The molecule has 0 aliphatic heterocycles. The molecular weight excluding hydrogens is 406 g/mol. The van der Waals surface area contributed by atoms with Crippen LogP contribution < -0.4 is 0 Å². The number of hydrogen-bond acceptors (Lipinski definition) is 0. The van der Waals surface area contributed by atoms with Crippen LogP contribution >= 0.6 is 55.1 Å². The Kier molecular flexibility index (Phi) is 4.70. The van der Waals surface area contributed by atoms with Gasteiger partial charge in [0.2, 0.25) is 0 Å². The molecule has 2 aromatic rings. The van der Waals surface area contributed by atoms with Gasteiger partial charge in [-0.25, -0.2) is 4.39 Å². The predicted molar refractivity (Wildman–Crippen MR) is 81.3 cm³/mol. The Morgan fingerprint density at radius 2 is 1.72 bits per heavy atom. The van der Waals surface area contributed by atoms with Crippen LogP contribution in [0.15, 0.2) is 40.9 Å². The molecule has 0 aliphatic carbocycles. The first-order chi connectivity index (χ1) is 8.49. The van der Waals surface area contributed by atoms with Crippen molar-refractivity contribution in [2.75, 3.05) is 0 Å². The molecule has 94 valence electrons. The van der Waals surface area contributed by atoms with Crippen molar-refractivity contribution in [3.8, 4) is 0 Å². The highest BCUT2D eigenvalue weighted by atomic mass is 79.9. The van der Waals surface area contributed by atoms with Crippen LogP contribution in [0, 0.1) is 5.82 Å². The van der Waals surface area contributed by atoms with E-state index >= 15 is 0 Å². The van der Waals surface area contributed by atoms with E-state index in [-0.39, 0.29) is 10.6 Å². The van der Waals surface area contributed by atoms with Crippen molar-refractivity contribution in [2.24, 2.45) is 0 Å². The average molecular weight is 413 g/mol. The Morgan fingerprint density at radius 1 is 1.00 bits per heavy atom. The average Bonchev–Trinajstić information content (AvgIpc) is 2.31. The maximum absolute atomic E-state index is 13.1. The number of alkyl halides is 1. The zero-order valence-electron chi connectivity index (χ0n) is 8.93. The first-order valence-electron chi connectivity index (χ1n) is 5.03. The monoisotopic (exact) mass is 410 g/mol. The summed E-state index contributed by atoms with van der Waals surface area (Å²) in [6, 6.07) is 9.79. The van der Waals surface area contributed by atoms with E-state index in [0.29, 0.717) is 14.5 Å². The first kappa shape index (κ1) is 14.3. The minimum absolute atomic E-state index is 0.154. The third-order valence-corrected chi connectivity index (χ3v) is 4.72. The van der Waals surface area contributed by atoms with Gasteiger partial charge < -0.3 is 0 Å². The zero-order valence-corrected chi connectivity index (χ0v) is 13.6. The molecule has 0 saturated heterocycles. The molecule has 0 heterocycles. The zero-order chi connectivity index (χ0) is 13.3. The van der Waals surface area contributed by atoms with Gasteiger partial charge in [0.25, 0.3) is 0 Å². The Morgan fingerprint density at radius 3 is 2.39 bits per heavy atom. The van der Waals surface area contributed by atoms with Crippen LogP contribution in [0.25, 0.3) is 0 Å². The molecule has 0 bridgehead atoms. The fourth-order valence-electron chi connectivity index (χ4n) is 1.58. The number of halogens is 5. The lowest BCUT2D eigenvalue weighted by Crippen LogP contribution is -1.96. The van der Waals surface area contributed by atoms with Gasteiger partial charge in [0.05, 0.1) is 4.83 Å². The molecule has 0 nitrogen and oxygen atoms in total. The minimum Gasteiger partial charge on any atom is -0.207 e. The standard InChI is InChI=1S/C13H7Br2Cl2F/c14-11-6-8(18)2-3-9(11)13(15)10-5-7(16)1-4-12(10)17/h1-6,13H. The van der Waals surface area contributed by atoms with Gasteiger partial charge in [-0.1, -0.05) is 61.1 Å². The molecule has 0 aliphatic rings. The van der Waals surface area contributed by atoms with E-state index in [1.54, 1.807) is 24.3 Å². The topological polar surface area (TPSA) is 0 Å². The van der Waals surface area contributed by atoms with Crippen LogP contribution in [-0.2, 0) is 0 Å². The summed E-state index contributed by atoms with van der Waals surface area (Å²) in [6.45, 7) is 0. The minimum atomic E-state index is -0.289. The molecule has 1 atom stereocenters. The molecule has 2 rings (SSSR count). The van der Waals surface area contributed by atoms with Gasteiger partial charge in [-0.2, -0.15) is 0 Å². The van der Waals surface area contributed by atoms with Crippen LogP contribution in [0.1, 0.15) is 16.0 Å². The predicted octanol–water partition coefficient (Wildman–Crippen LogP) is 6.38. The van der Waals surface area contributed by atoms with Crippen LogP contribution in [0.5, 0.6) is 0 Å². The van der Waals surface area contributed by atoms with Crippen molar-refractivity contribution in [1.29, 1.82) is 0 Å². The highest BCUT2D eigenvalue weighted by molar-refractivity contribution is 9.11. The van der Waals surface area contributed by atoms with Gasteiger partial charge in [0.15, 0.2) is 0 Å². The Balaban J connectivity index is 2.47. The molecule has 0 fully saturated rings. The van der Waals surface area contributed by atoms with Crippen LogP contribution in [0.2, 0.25) is 10.0 Å². The third kappa shape index (κ3) is 3.08. The van der Waals surface area contributed by atoms with Crippen molar-refractivity contribution < 1.29 is 4.39 Å². The van der Waals surface area contributed by atoms with E-state index in [0.717, 1.165) is 11.1 Å². The molecule has 0 aromatic heterocycles. The van der Waals surface area contributed by atoms with Gasteiger partial charge in [-0.3, -0.25) is 0 Å². The summed E-state index contributed by atoms with van der Waals surface area (Å²) >= 11 is 19.0. The van der Waals surface area contributed by atoms with E-state index in [4.69, 9.17) is 23.2 Å². The van der Waals surface area contributed by atoms with Crippen molar-refractivity contribution >= 4 is 55.1 Å². The molecule has 0 N–H and O–H groups in total. The van der Waals surface area contributed by atoms with Gasteiger partial charge >= 0.3 is 0 Å². The lowest BCUT2D eigenvalue weighted by molar-refractivity contribution is 0.626. The lowest BCUT2D eigenvalue weighted by atomic mass is 10.0.